The zero-order valence-electron chi connectivity index (χ0n) is 10.1. The summed E-state index contributed by atoms with van der Waals surface area (Å²) in [7, 11) is 0. The van der Waals surface area contributed by atoms with Crippen molar-refractivity contribution < 1.29 is 4.79 Å². The fourth-order valence-corrected chi connectivity index (χ4v) is 2.72. The number of urea groups is 1. The van der Waals surface area contributed by atoms with Gasteiger partial charge in [0.2, 0.25) is 0 Å². The summed E-state index contributed by atoms with van der Waals surface area (Å²) in [6.07, 6.45) is 1.22. The Balaban J connectivity index is 0.00000120. The Hall–Kier alpha value is -1.26. The van der Waals surface area contributed by atoms with Crippen LogP contribution in [0.5, 0.6) is 0 Å². The lowest BCUT2D eigenvalue weighted by Gasteiger charge is -2.31. The molecule has 5 heteroatoms. The van der Waals surface area contributed by atoms with Gasteiger partial charge < -0.3 is 15.5 Å². The number of rotatable bonds is 1. The van der Waals surface area contributed by atoms with Crippen LogP contribution in [0.2, 0.25) is 0 Å². The van der Waals surface area contributed by atoms with Crippen LogP contribution < -0.4 is 10.6 Å². The van der Waals surface area contributed by atoms with Gasteiger partial charge in [0, 0.05) is 31.4 Å². The van der Waals surface area contributed by atoms with Crippen molar-refractivity contribution in [3.63, 3.8) is 0 Å². The molecule has 2 atom stereocenters. The van der Waals surface area contributed by atoms with E-state index in [1.807, 2.05) is 35.2 Å². The second kappa shape index (κ2) is 5.59. The summed E-state index contributed by atoms with van der Waals surface area (Å²) < 4.78 is 0. The van der Waals surface area contributed by atoms with E-state index in [9.17, 15) is 4.79 Å². The van der Waals surface area contributed by atoms with E-state index >= 15 is 0 Å². The molecule has 4 nitrogen and oxygen atoms in total. The van der Waals surface area contributed by atoms with Crippen LogP contribution >= 0.6 is 12.4 Å². The van der Waals surface area contributed by atoms with E-state index in [4.69, 9.17) is 0 Å². The minimum Gasteiger partial charge on any atom is -0.323 e. The zero-order chi connectivity index (χ0) is 11.7. The van der Waals surface area contributed by atoms with E-state index < -0.39 is 0 Å². The van der Waals surface area contributed by atoms with Crippen LogP contribution in [0.3, 0.4) is 0 Å². The number of hydrogen-bond donors (Lipinski definition) is 2. The number of carbonyl (C=O) groups is 1. The normalized spacial score (nSPS) is 25.4. The van der Waals surface area contributed by atoms with E-state index in [2.05, 4.69) is 10.6 Å². The Morgan fingerprint density at radius 2 is 2.06 bits per heavy atom. The van der Waals surface area contributed by atoms with Gasteiger partial charge in [-0.15, -0.1) is 12.4 Å². The van der Waals surface area contributed by atoms with Crippen LogP contribution in [0, 0.1) is 5.92 Å². The second-order valence-electron chi connectivity index (χ2n) is 4.91. The molecule has 2 saturated heterocycles. The minimum atomic E-state index is 0. The number of carbonyl (C=O) groups excluding carboxylic acids is 1. The number of para-hydroxylation sites is 1. The predicted molar refractivity (Wildman–Crippen MR) is 74.2 cm³/mol. The Labute approximate surface area is 113 Å². The van der Waals surface area contributed by atoms with Crippen molar-refractivity contribution in [2.45, 2.75) is 12.5 Å². The van der Waals surface area contributed by atoms with Gasteiger partial charge in [-0.1, -0.05) is 18.2 Å². The number of likely N-dealkylation sites (tertiary alicyclic amines) is 1. The Bertz CT molecular complexity index is 400. The van der Waals surface area contributed by atoms with Crippen molar-refractivity contribution in [1.29, 1.82) is 0 Å². The first-order chi connectivity index (χ1) is 8.31. The lowest BCUT2D eigenvalue weighted by molar-refractivity contribution is 0.186. The molecular weight excluding hydrogens is 250 g/mol. The average Bonchev–Trinajstić information content (AvgIpc) is 2.69. The summed E-state index contributed by atoms with van der Waals surface area (Å²) in [4.78, 5) is 14.0. The number of fused-ring (bicyclic) bond motifs is 2. The van der Waals surface area contributed by atoms with Gasteiger partial charge in [0.15, 0.2) is 0 Å². The van der Waals surface area contributed by atoms with Gasteiger partial charge in [0.05, 0.1) is 0 Å². The van der Waals surface area contributed by atoms with E-state index in [1.165, 1.54) is 6.42 Å². The number of halogens is 1. The van der Waals surface area contributed by atoms with Gasteiger partial charge in [-0.2, -0.15) is 0 Å². The number of benzene rings is 1. The monoisotopic (exact) mass is 267 g/mol. The van der Waals surface area contributed by atoms with E-state index in [-0.39, 0.29) is 18.4 Å². The fourth-order valence-electron chi connectivity index (χ4n) is 2.72. The van der Waals surface area contributed by atoms with E-state index in [0.29, 0.717) is 12.0 Å². The lowest BCUT2D eigenvalue weighted by atomic mass is 10.0. The molecule has 0 aromatic heterocycles. The summed E-state index contributed by atoms with van der Waals surface area (Å²) >= 11 is 0. The first-order valence-electron chi connectivity index (χ1n) is 6.15. The highest BCUT2D eigenvalue weighted by Gasteiger charge is 2.34. The molecule has 0 saturated carbocycles. The maximum absolute atomic E-state index is 12.1. The highest BCUT2D eigenvalue weighted by Crippen LogP contribution is 2.22. The summed E-state index contributed by atoms with van der Waals surface area (Å²) in [5.41, 5.74) is 0.864. The summed E-state index contributed by atoms with van der Waals surface area (Å²) in [5.74, 6) is 0.635. The number of hydrogen-bond acceptors (Lipinski definition) is 2. The standard InChI is InChI=1S/C13H17N3O.ClH/c17-13(15-11-4-2-1-3-5-11)16-8-10-6-12(9-16)14-7-10;/h1-5,10,12,14H,6-9H2,(H,15,17);1H. The molecule has 0 aliphatic carbocycles. The molecule has 3 rings (SSSR count). The molecule has 2 aliphatic heterocycles. The molecule has 0 radical (unpaired) electrons. The maximum Gasteiger partial charge on any atom is 0.321 e. The third-order valence-corrected chi connectivity index (χ3v) is 3.54. The summed E-state index contributed by atoms with van der Waals surface area (Å²) in [6.45, 7) is 2.76. The van der Waals surface area contributed by atoms with Crippen molar-refractivity contribution in [2.24, 2.45) is 5.92 Å². The van der Waals surface area contributed by atoms with E-state index in [0.717, 1.165) is 25.3 Å². The zero-order valence-corrected chi connectivity index (χ0v) is 11.0. The molecule has 2 fully saturated rings. The predicted octanol–water partition coefficient (Wildman–Crippen LogP) is 1.93. The molecule has 1 aromatic rings. The molecule has 2 bridgehead atoms. The van der Waals surface area contributed by atoms with Crippen molar-refractivity contribution in [1.82, 2.24) is 10.2 Å². The van der Waals surface area contributed by atoms with Gasteiger partial charge in [0.1, 0.15) is 0 Å². The third-order valence-electron chi connectivity index (χ3n) is 3.54. The number of nitrogens with one attached hydrogen (secondary N) is 2. The van der Waals surface area contributed by atoms with Crippen LogP contribution in [0.4, 0.5) is 10.5 Å². The van der Waals surface area contributed by atoms with Crippen molar-refractivity contribution in [2.75, 3.05) is 25.0 Å². The van der Waals surface area contributed by atoms with Crippen molar-refractivity contribution >= 4 is 24.1 Å². The Morgan fingerprint density at radius 3 is 2.78 bits per heavy atom. The van der Waals surface area contributed by atoms with Gasteiger partial charge in [-0.25, -0.2) is 4.79 Å². The van der Waals surface area contributed by atoms with Crippen LogP contribution in [0.25, 0.3) is 0 Å². The van der Waals surface area contributed by atoms with Gasteiger partial charge in [-0.3, -0.25) is 0 Å². The third kappa shape index (κ3) is 2.76. The fraction of sp³-hybridized carbons (Fsp3) is 0.462. The second-order valence-corrected chi connectivity index (χ2v) is 4.91. The number of amides is 2. The van der Waals surface area contributed by atoms with Crippen LogP contribution in [-0.2, 0) is 0 Å². The molecule has 2 heterocycles. The summed E-state index contributed by atoms with van der Waals surface area (Å²) in [6, 6.07) is 10.1. The van der Waals surface area contributed by atoms with Crippen molar-refractivity contribution in [3.8, 4) is 0 Å². The highest BCUT2D eigenvalue weighted by atomic mass is 35.5. The SMILES string of the molecule is Cl.O=C(Nc1ccccc1)N1CC2CNC(C2)C1. The molecule has 2 unspecified atom stereocenters. The molecule has 98 valence electrons. The molecule has 0 spiro atoms. The number of anilines is 1. The lowest BCUT2D eigenvalue weighted by Crippen LogP contribution is -2.46. The van der Waals surface area contributed by atoms with Crippen molar-refractivity contribution in [3.05, 3.63) is 30.3 Å². The molecular formula is C13H18ClN3O. The molecule has 2 amide bonds. The largest absolute Gasteiger partial charge is 0.323 e. The smallest absolute Gasteiger partial charge is 0.321 e. The topological polar surface area (TPSA) is 44.4 Å². The van der Waals surface area contributed by atoms with Crippen LogP contribution in [0.15, 0.2) is 30.3 Å². The molecule has 1 aromatic carbocycles. The molecule has 2 N–H and O–H groups in total. The van der Waals surface area contributed by atoms with Gasteiger partial charge >= 0.3 is 6.03 Å². The number of piperidine rings is 1. The molecule has 2 aliphatic rings. The number of nitrogens with zero attached hydrogens (tertiary/aromatic N) is 1. The highest BCUT2D eigenvalue weighted by molar-refractivity contribution is 5.89. The van der Waals surface area contributed by atoms with Gasteiger partial charge in [0.25, 0.3) is 0 Å². The van der Waals surface area contributed by atoms with Gasteiger partial charge in [-0.05, 0) is 24.5 Å². The van der Waals surface area contributed by atoms with E-state index in [1.54, 1.807) is 0 Å². The first-order valence-corrected chi connectivity index (χ1v) is 6.15. The first kappa shape index (κ1) is 13.2. The van der Waals surface area contributed by atoms with Crippen LogP contribution in [-0.4, -0.2) is 36.6 Å². The maximum atomic E-state index is 12.1. The Morgan fingerprint density at radius 1 is 1.28 bits per heavy atom. The molecule has 18 heavy (non-hydrogen) atoms. The minimum absolute atomic E-state index is 0. The quantitative estimate of drug-likeness (QED) is 0.817. The summed E-state index contributed by atoms with van der Waals surface area (Å²) in [5, 5.41) is 6.39. The van der Waals surface area contributed by atoms with Crippen LogP contribution in [0.1, 0.15) is 6.42 Å². The average molecular weight is 268 g/mol. The Kier molecular flexibility index (Phi) is 4.09.